The number of hydrogen-bond donors (Lipinski definition) is 2. The first-order valence-electron chi connectivity index (χ1n) is 5.00. The summed E-state index contributed by atoms with van der Waals surface area (Å²) in [5, 5.41) is 24.2. The lowest BCUT2D eigenvalue weighted by molar-refractivity contribution is -0.149. The van der Waals surface area contributed by atoms with E-state index in [0.717, 1.165) is 5.56 Å². The van der Waals surface area contributed by atoms with Crippen molar-refractivity contribution in [3.8, 4) is 0 Å². The van der Waals surface area contributed by atoms with Gasteiger partial charge in [-0.3, -0.25) is 0 Å². The molecule has 0 fully saturated rings. The van der Waals surface area contributed by atoms with Crippen LogP contribution >= 0.6 is 0 Å². The fourth-order valence-electron chi connectivity index (χ4n) is 1.23. The SMILES string of the molecule is CCc1ccccc1N=NC(C(=O)O)C(=O)O. The molecule has 0 unspecified atom stereocenters. The third-order valence-corrected chi connectivity index (χ3v) is 2.12. The summed E-state index contributed by atoms with van der Waals surface area (Å²) in [6.45, 7) is 1.92. The minimum absolute atomic E-state index is 0.488. The summed E-state index contributed by atoms with van der Waals surface area (Å²) < 4.78 is 0. The second-order valence-corrected chi connectivity index (χ2v) is 3.28. The molecule has 0 radical (unpaired) electrons. The van der Waals surface area contributed by atoms with Crippen LogP contribution in [0, 0.1) is 0 Å². The van der Waals surface area contributed by atoms with Gasteiger partial charge in [-0.1, -0.05) is 25.1 Å². The smallest absolute Gasteiger partial charge is 0.342 e. The first kappa shape index (κ1) is 12.8. The summed E-state index contributed by atoms with van der Waals surface area (Å²) >= 11 is 0. The Morgan fingerprint density at radius 1 is 1.24 bits per heavy atom. The summed E-state index contributed by atoms with van der Waals surface area (Å²) in [7, 11) is 0. The van der Waals surface area contributed by atoms with Gasteiger partial charge < -0.3 is 10.2 Å². The van der Waals surface area contributed by atoms with E-state index in [0.29, 0.717) is 12.1 Å². The Morgan fingerprint density at radius 2 is 1.82 bits per heavy atom. The van der Waals surface area contributed by atoms with Gasteiger partial charge in [0, 0.05) is 0 Å². The monoisotopic (exact) mass is 236 g/mol. The van der Waals surface area contributed by atoms with E-state index in [2.05, 4.69) is 10.2 Å². The highest BCUT2D eigenvalue weighted by Gasteiger charge is 2.25. The maximum atomic E-state index is 10.6. The van der Waals surface area contributed by atoms with E-state index >= 15 is 0 Å². The van der Waals surface area contributed by atoms with Crippen LogP contribution in [-0.2, 0) is 16.0 Å². The lowest BCUT2D eigenvalue weighted by atomic mass is 10.1. The highest BCUT2D eigenvalue weighted by atomic mass is 16.4. The van der Waals surface area contributed by atoms with Crippen LogP contribution in [0.4, 0.5) is 5.69 Å². The van der Waals surface area contributed by atoms with E-state index in [-0.39, 0.29) is 0 Å². The second kappa shape index (κ2) is 5.74. The third-order valence-electron chi connectivity index (χ3n) is 2.12. The molecule has 0 heterocycles. The molecule has 0 aliphatic carbocycles. The van der Waals surface area contributed by atoms with Crippen LogP contribution in [0.25, 0.3) is 0 Å². The summed E-state index contributed by atoms with van der Waals surface area (Å²) in [5.41, 5.74) is 1.37. The van der Waals surface area contributed by atoms with Gasteiger partial charge >= 0.3 is 11.9 Å². The van der Waals surface area contributed by atoms with Gasteiger partial charge in [0.25, 0.3) is 6.04 Å². The van der Waals surface area contributed by atoms with Crippen LogP contribution in [-0.4, -0.2) is 28.2 Å². The first-order chi connectivity index (χ1) is 8.06. The van der Waals surface area contributed by atoms with Gasteiger partial charge in [0.05, 0.1) is 5.69 Å². The summed E-state index contributed by atoms with van der Waals surface area (Å²) in [4.78, 5) is 21.2. The highest BCUT2D eigenvalue weighted by Crippen LogP contribution is 2.19. The Morgan fingerprint density at radius 3 is 2.35 bits per heavy atom. The van der Waals surface area contributed by atoms with Crippen molar-refractivity contribution in [2.24, 2.45) is 10.2 Å². The topological polar surface area (TPSA) is 99.3 Å². The number of aryl methyl sites for hydroxylation is 1. The van der Waals surface area contributed by atoms with E-state index in [4.69, 9.17) is 10.2 Å². The predicted octanol–water partition coefficient (Wildman–Crippen LogP) is 1.87. The average molecular weight is 236 g/mol. The van der Waals surface area contributed by atoms with Crippen LogP contribution in [0.2, 0.25) is 0 Å². The number of carbonyl (C=O) groups is 2. The first-order valence-corrected chi connectivity index (χ1v) is 5.00. The maximum Gasteiger partial charge on any atom is 0.342 e. The van der Waals surface area contributed by atoms with Crippen molar-refractivity contribution < 1.29 is 19.8 Å². The van der Waals surface area contributed by atoms with E-state index in [1.165, 1.54) is 0 Å². The molecule has 1 rings (SSSR count). The van der Waals surface area contributed by atoms with Gasteiger partial charge in [0.2, 0.25) is 0 Å². The summed E-state index contributed by atoms with van der Waals surface area (Å²) in [5.74, 6) is -3.06. The Kier molecular flexibility index (Phi) is 4.33. The quantitative estimate of drug-likeness (QED) is 0.602. The zero-order valence-electron chi connectivity index (χ0n) is 9.20. The Hall–Kier alpha value is -2.24. The van der Waals surface area contributed by atoms with Crippen LogP contribution < -0.4 is 0 Å². The van der Waals surface area contributed by atoms with Crippen molar-refractivity contribution in [1.82, 2.24) is 0 Å². The molecule has 1 aromatic rings. The molecule has 0 aromatic heterocycles. The summed E-state index contributed by atoms with van der Waals surface area (Å²) in [6, 6.07) is 5.17. The zero-order valence-corrected chi connectivity index (χ0v) is 9.20. The van der Waals surface area contributed by atoms with Crippen molar-refractivity contribution in [3.05, 3.63) is 29.8 Å². The lowest BCUT2D eigenvalue weighted by Crippen LogP contribution is -2.27. The molecule has 90 valence electrons. The van der Waals surface area contributed by atoms with Gasteiger partial charge in [-0.25, -0.2) is 9.59 Å². The molecule has 6 nitrogen and oxygen atoms in total. The number of benzene rings is 1. The van der Waals surface area contributed by atoms with E-state index in [1.807, 2.05) is 19.1 Å². The molecule has 2 N–H and O–H groups in total. The Labute approximate surface area is 97.6 Å². The number of aliphatic carboxylic acids is 2. The second-order valence-electron chi connectivity index (χ2n) is 3.28. The van der Waals surface area contributed by atoms with E-state index in [1.54, 1.807) is 12.1 Å². The van der Waals surface area contributed by atoms with Crippen LogP contribution in [0.3, 0.4) is 0 Å². The molecule has 0 spiro atoms. The standard InChI is InChI=1S/C11H12N2O4/c1-2-7-5-3-4-6-8(7)12-13-9(10(14)15)11(16)17/h3-6,9H,2H2,1H3,(H,14,15)(H,16,17). The number of carboxylic acid groups (broad SMARTS) is 2. The lowest BCUT2D eigenvalue weighted by Gasteiger charge is -2.02. The maximum absolute atomic E-state index is 10.6. The zero-order chi connectivity index (χ0) is 12.8. The molecule has 0 bridgehead atoms. The van der Waals surface area contributed by atoms with Crippen molar-refractivity contribution in [2.75, 3.05) is 0 Å². The average Bonchev–Trinajstić information content (AvgIpc) is 2.29. The van der Waals surface area contributed by atoms with Gasteiger partial charge in [-0.05, 0) is 18.1 Å². The molecule has 0 amide bonds. The molecule has 6 heteroatoms. The number of rotatable bonds is 5. The molecule has 0 saturated heterocycles. The third kappa shape index (κ3) is 3.37. The van der Waals surface area contributed by atoms with Crippen LogP contribution in [0.5, 0.6) is 0 Å². The molecular weight excluding hydrogens is 224 g/mol. The van der Waals surface area contributed by atoms with Crippen molar-refractivity contribution in [2.45, 2.75) is 19.4 Å². The van der Waals surface area contributed by atoms with Crippen molar-refractivity contribution in [3.63, 3.8) is 0 Å². The minimum Gasteiger partial charge on any atom is -0.479 e. The van der Waals surface area contributed by atoms with Gasteiger partial charge in [0.1, 0.15) is 0 Å². The predicted molar refractivity (Wildman–Crippen MR) is 59.4 cm³/mol. The van der Waals surface area contributed by atoms with Crippen molar-refractivity contribution in [1.29, 1.82) is 0 Å². The normalized spacial score (nSPS) is 10.9. The van der Waals surface area contributed by atoms with Gasteiger partial charge in [-0.15, -0.1) is 0 Å². The molecular formula is C11H12N2O4. The summed E-state index contributed by atoms with van der Waals surface area (Å²) in [6.07, 6.45) is 0.708. The van der Waals surface area contributed by atoms with Crippen molar-refractivity contribution >= 4 is 17.6 Å². The fourth-order valence-corrected chi connectivity index (χ4v) is 1.23. The Balaban J connectivity index is 2.96. The molecule has 0 saturated carbocycles. The number of nitrogens with zero attached hydrogens (tertiary/aromatic N) is 2. The highest BCUT2D eigenvalue weighted by molar-refractivity contribution is 5.97. The van der Waals surface area contributed by atoms with Crippen LogP contribution in [0.15, 0.2) is 34.5 Å². The largest absolute Gasteiger partial charge is 0.479 e. The molecule has 0 aliphatic heterocycles. The van der Waals surface area contributed by atoms with E-state index in [9.17, 15) is 9.59 Å². The van der Waals surface area contributed by atoms with Gasteiger partial charge in [0.15, 0.2) is 0 Å². The number of carboxylic acids is 2. The number of azo groups is 1. The van der Waals surface area contributed by atoms with Gasteiger partial charge in [-0.2, -0.15) is 10.2 Å². The van der Waals surface area contributed by atoms with E-state index < -0.39 is 18.0 Å². The van der Waals surface area contributed by atoms with Crippen LogP contribution in [0.1, 0.15) is 12.5 Å². The molecule has 0 atom stereocenters. The molecule has 1 aromatic carbocycles. The number of hydrogen-bond acceptors (Lipinski definition) is 4. The fraction of sp³-hybridized carbons (Fsp3) is 0.273. The Bertz CT molecular complexity index is 443. The minimum atomic E-state index is -1.86. The molecule has 0 aliphatic rings. The molecule has 17 heavy (non-hydrogen) atoms.